The lowest BCUT2D eigenvalue weighted by Crippen LogP contribution is -2.49. The van der Waals surface area contributed by atoms with Crippen molar-refractivity contribution in [2.75, 3.05) is 25.1 Å². The van der Waals surface area contributed by atoms with E-state index in [-0.39, 0.29) is 18.0 Å². The second kappa shape index (κ2) is 6.25. The van der Waals surface area contributed by atoms with Gasteiger partial charge in [-0.25, -0.2) is 14.4 Å². The van der Waals surface area contributed by atoms with Gasteiger partial charge in [-0.2, -0.15) is 0 Å². The number of hydrogen-bond acceptors (Lipinski definition) is 5. The number of aromatic nitrogens is 2. The fourth-order valence-electron chi connectivity index (χ4n) is 2.57. The van der Waals surface area contributed by atoms with Gasteiger partial charge in [-0.15, -0.1) is 0 Å². The Bertz CT molecular complexity index is 429. The molecule has 0 aliphatic carbocycles. The molecular formula is C13H21FN4O. The maximum Gasteiger partial charge on any atom is 0.187 e. The first-order chi connectivity index (χ1) is 9.21. The standard InChI is InChI=1S/C13H21FN4O/c1-3-11-12(14)13(17-8-16-11)18-5-4-10(19-2)6-9(18)7-15/h8-10H,3-7,15H2,1-2H3. The van der Waals surface area contributed by atoms with E-state index in [1.807, 2.05) is 11.8 Å². The second-order valence-corrected chi connectivity index (χ2v) is 4.78. The summed E-state index contributed by atoms with van der Waals surface area (Å²) in [6.45, 7) is 3.05. The van der Waals surface area contributed by atoms with E-state index in [0.29, 0.717) is 31.0 Å². The van der Waals surface area contributed by atoms with Gasteiger partial charge in [-0.1, -0.05) is 6.92 Å². The summed E-state index contributed by atoms with van der Waals surface area (Å²) >= 11 is 0. The van der Waals surface area contributed by atoms with Gasteiger partial charge in [-0.05, 0) is 19.3 Å². The molecule has 0 aromatic carbocycles. The molecule has 1 aromatic heterocycles. The molecule has 0 radical (unpaired) electrons. The van der Waals surface area contributed by atoms with Gasteiger partial charge >= 0.3 is 0 Å². The third kappa shape index (κ3) is 2.84. The zero-order valence-corrected chi connectivity index (χ0v) is 11.5. The molecule has 1 aliphatic rings. The highest BCUT2D eigenvalue weighted by Gasteiger charge is 2.30. The molecule has 2 heterocycles. The van der Waals surface area contributed by atoms with Gasteiger partial charge in [-0.3, -0.25) is 0 Å². The van der Waals surface area contributed by atoms with Gasteiger partial charge < -0.3 is 15.4 Å². The highest BCUT2D eigenvalue weighted by atomic mass is 19.1. The van der Waals surface area contributed by atoms with Gasteiger partial charge in [0.25, 0.3) is 0 Å². The quantitative estimate of drug-likeness (QED) is 0.886. The molecule has 1 aliphatic heterocycles. The highest BCUT2D eigenvalue weighted by Crippen LogP contribution is 2.27. The Morgan fingerprint density at radius 3 is 2.95 bits per heavy atom. The van der Waals surface area contributed by atoms with Gasteiger partial charge in [0.05, 0.1) is 11.8 Å². The Morgan fingerprint density at radius 2 is 2.32 bits per heavy atom. The van der Waals surface area contributed by atoms with E-state index in [1.54, 1.807) is 7.11 Å². The van der Waals surface area contributed by atoms with Crippen LogP contribution >= 0.6 is 0 Å². The molecule has 0 bridgehead atoms. The van der Waals surface area contributed by atoms with E-state index >= 15 is 0 Å². The smallest absolute Gasteiger partial charge is 0.187 e. The van der Waals surface area contributed by atoms with Crippen LogP contribution in [0.2, 0.25) is 0 Å². The summed E-state index contributed by atoms with van der Waals surface area (Å²) in [5.74, 6) is 0.0520. The number of methoxy groups -OCH3 is 1. The average molecular weight is 268 g/mol. The topological polar surface area (TPSA) is 64.3 Å². The van der Waals surface area contributed by atoms with Crippen molar-refractivity contribution in [1.82, 2.24) is 9.97 Å². The normalized spacial score (nSPS) is 23.7. The maximum atomic E-state index is 14.3. The van der Waals surface area contributed by atoms with E-state index in [1.165, 1.54) is 6.33 Å². The molecule has 0 amide bonds. The van der Waals surface area contributed by atoms with E-state index in [2.05, 4.69) is 9.97 Å². The van der Waals surface area contributed by atoms with Gasteiger partial charge in [0, 0.05) is 26.2 Å². The van der Waals surface area contributed by atoms with Crippen molar-refractivity contribution < 1.29 is 9.13 Å². The number of nitrogens with zero attached hydrogens (tertiary/aromatic N) is 3. The average Bonchev–Trinajstić information content (AvgIpc) is 2.47. The lowest BCUT2D eigenvalue weighted by Gasteiger charge is -2.39. The van der Waals surface area contributed by atoms with Crippen LogP contribution in [0.4, 0.5) is 10.2 Å². The Kier molecular flexibility index (Phi) is 4.66. The first kappa shape index (κ1) is 14.1. The van der Waals surface area contributed by atoms with Gasteiger partial charge in [0.1, 0.15) is 6.33 Å². The van der Waals surface area contributed by atoms with Crippen LogP contribution in [0.25, 0.3) is 0 Å². The van der Waals surface area contributed by atoms with Crippen molar-refractivity contribution >= 4 is 5.82 Å². The SMILES string of the molecule is CCc1ncnc(N2CCC(OC)CC2CN)c1F. The minimum Gasteiger partial charge on any atom is -0.381 e. The summed E-state index contributed by atoms with van der Waals surface area (Å²) in [5, 5.41) is 0. The molecule has 19 heavy (non-hydrogen) atoms. The zero-order chi connectivity index (χ0) is 13.8. The van der Waals surface area contributed by atoms with Crippen LogP contribution < -0.4 is 10.6 Å². The largest absolute Gasteiger partial charge is 0.381 e. The Balaban J connectivity index is 2.25. The van der Waals surface area contributed by atoms with Crippen molar-refractivity contribution in [3.05, 3.63) is 17.8 Å². The van der Waals surface area contributed by atoms with Crippen molar-refractivity contribution in [3.63, 3.8) is 0 Å². The lowest BCUT2D eigenvalue weighted by molar-refractivity contribution is 0.0706. The molecule has 1 saturated heterocycles. The van der Waals surface area contributed by atoms with Crippen LogP contribution in [0.15, 0.2) is 6.33 Å². The lowest BCUT2D eigenvalue weighted by atomic mass is 9.99. The van der Waals surface area contributed by atoms with E-state index < -0.39 is 0 Å². The third-order valence-electron chi connectivity index (χ3n) is 3.72. The van der Waals surface area contributed by atoms with Crippen LogP contribution in [0.3, 0.4) is 0 Å². The first-order valence-electron chi connectivity index (χ1n) is 6.70. The third-order valence-corrected chi connectivity index (χ3v) is 3.72. The van der Waals surface area contributed by atoms with Crippen LogP contribution in [-0.4, -0.2) is 42.3 Å². The number of anilines is 1. The second-order valence-electron chi connectivity index (χ2n) is 4.78. The number of ether oxygens (including phenoxy) is 1. The first-order valence-corrected chi connectivity index (χ1v) is 6.70. The Morgan fingerprint density at radius 1 is 1.53 bits per heavy atom. The van der Waals surface area contributed by atoms with Crippen LogP contribution in [-0.2, 0) is 11.2 Å². The monoisotopic (exact) mass is 268 g/mol. The number of piperidine rings is 1. The van der Waals surface area contributed by atoms with Crippen molar-refractivity contribution in [2.45, 2.75) is 38.3 Å². The molecule has 2 N–H and O–H groups in total. The number of halogens is 1. The number of hydrogen-bond donors (Lipinski definition) is 1. The van der Waals surface area contributed by atoms with Crippen LogP contribution in [0, 0.1) is 5.82 Å². The molecule has 5 nitrogen and oxygen atoms in total. The number of aryl methyl sites for hydroxylation is 1. The zero-order valence-electron chi connectivity index (χ0n) is 11.5. The fraction of sp³-hybridized carbons (Fsp3) is 0.692. The Hall–Kier alpha value is -1.27. The van der Waals surface area contributed by atoms with Crippen molar-refractivity contribution in [3.8, 4) is 0 Å². The molecule has 2 unspecified atom stereocenters. The summed E-state index contributed by atoms with van der Waals surface area (Å²) in [7, 11) is 1.70. The summed E-state index contributed by atoms with van der Waals surface area (Å²) < 4.78 is 19.7. The molecule has 0 saturated carbocycles. The minimum atomic E-state index is -0.320. The minimum absolute atomic E-state index is 0.0628. The molecule has 2 atom stereocenters. The van der Waals surface area contributed by atoms with Crippen LogP contribution in [0.5, 0.6) is 0 Å². The van der Waals surface area contributed by atoms with Crippen molar-refractivity contribution in [2.24, 2.45) is 5.73 Å². The molecule has 1 fully saturated rings. The fourth-order valence-corrected chi connectivity index (χ4v) is 2.57. The maximum absolute atomic E-state index is 14.3. The van der Waals surface area contributed by atoms with Crippen molar-refractivity contribution in [1.29, 1.82) is 0 Å². The van der Waals surface area contributed by atoms with Gasteiger partial charge in [0.2, 0.25) is 0 Å². The predicted molar refractivity (Wildman–Crippen MR) is 71.6 cm³/mol. The molecule has 6 heteroatoms. The summed E-state index contributed by atoms with van der Waals surface area (Å²) in [4.78, 5) is 10.0. The number of rotatable bonds is 4. The molecule has 2 rings (SSSR count). The molecular weight excluding hydrogens is 247 g/mol. The molecule has 0 spiro atoms. The summed E-state index contributed by atoms with van der Waals surface area (Å²) in [6, 6.07) is 0.0628. The van der Waals surface area contributed by atoms with Gasteiger partial charge in [0.15, 0.2) is 11.6 Å². The highest BCUT2D eigenvalue weighted by molar-refractivity contribution is 5.43. The molecule has 1 aromatic rings. The summed E-state index contributed by atoms with van der Waals surface area (Å²) in [6.07, 6.45) is 3.84. The number of nitrogens with two attached hydrogens (primary N) is 1. The molecule has 106 valence electrons. The predicted octanol–water partition coefficient (Wildman–Crippen LogP) is 1.12. The van der Waals surface area contributed by atoms with E-state index in [0.717, 1.165) is 12.8 Å². The van der Waals surface area contributed by atoms with E-state index in [9.17, 15) is 4.39 Å². The summed E-state index contributed by atoms with van der Waals surface area (Å²) in [5.41, 5.74) is 6.26. The van der Waals surface area contributed by atoms with E-state index in [4.69, 9.17) is 10.5 Å². The Labute approximate surface area is 113 Å². The van der Waals surface area contributed by atoms with Crippen LogP contribution in [0.1, 0.15) is 25.5 Å².